The van der Waals surface area contributed by atoms with Crippen molar-refractivity contribution in [1.82, 2.24) is 4.90 Å². The van der Waals surface area contributed by atoms with Crippen molar-refractivity contribution >= 4 is 11.7 Å². The van der Waals surface area contributed by atoms with Crippen LogP contribution >= 0.6 is 0 Å². The van der Waals surface area contributed by atoms with Gasteiger partial charge in [0.05, 0.1) is 0 Å². The third-order valence-electron chi connectivity index (χ3n) is 4.32. The Balaban J connectivity index is 2.02. The molecule has 0 saturated carbocycles. The molecule has 5 heteroatoms. The molecule has 4 nitrogen and oxygen atoms in total. The van der Waals surface area contributed by atoms with Crippen molar-refractivity contribution < 1.29 is 14.3 Å². The Kier molecular flexibility index (Phi) is 4.28. The van der Waals surface area contributed by atoms with E-state index in [-0.39, 0.29) is 5.82 Å². The van der Waals surface area contributed by atoms with Gasteiger partial charge in [-0.3, -0.25) is 9.69 Å². The molecule has 2 rings (SSSR count). The summed E-state index contributed by atoms with van der Waals surface area (Å²) in [5, 5.41) is 9.40. The van der Waals surface area contributed by atoms with E-state index in [0.717, 1.165) is 18.8 Å². The van der Waals surface area contributed by atoms with Crippen LogP contribution < -0.4 is 4.90 Å². The molecule has 0 spiro atoms. The first kappa shape index (κ1) is 14.8. The second-order valence-electron chi connectivity index (χ2n) is 5.38. The lowest BCUT2D eigenvalue weighted by molar-refractivity contribution is -0.151. The molecular weight excluding hydrogens is 259 g/mol. The number of hydrogen-bond donors (Lipinski definition) is 1. The molecule has 0 bridgehead atoms. The molecule has 0 unspecified atom stereocenters. The quantitative estimate of drug-likeness (QED) is 0.918. The maximum atomic E-state index is 12.9. The minimum absolute atomic E-state index is 0.239. The highest BCUT2D eigenvalue weighted by Gasteiger charge is 2.39. The van der Waals surface area contributed by atoms with E-state index < -0.39 is 11.5 Å². The first-order valence-corrected chi connectivity index (χ1v) is 6.96. The number of nitrogens with zero attached hydrogens (tertiary/aromatic N) is 2. The minimum atomic E-state index is -0.797. The van der Waals surface area contributed by atoms with E-state index >= 15 is 0 Å². The zero-order chi connectivity index (χ0) is 14.8. The molecule has 0 amide bonds. The average Bonchev–Trinajstić information content (AvgIpc) is 2.47. The monoisotopic (exact) mass is 280 g/mol. The molecule has 1 fully saturated rings. The Morgan fingerprint density at radius 1 is 1.25 bits per heavy atom. The molecule has 1 aliphatic rings. The summed E-state index contributed by atoms with van der Waals surface area (Å²) in [5.41, 5.74) is 0.189. The SMILES string of the molecule is CC[C@@](C)(C(=O)O)N1CCN(c2ccc(F)cc2)CC1. The second-order valence-corrected chi connectivity index (χ2v) is 5.38. The number of hydrogen-bond acceptors (Lipinski definition) is 3. The highest BCUT2D eigenvalue weighted by Crippen LogP contribution is 2.24. The van der Waals surface area contributed by atoms with Crippen LogP contribution in [0.5, 0.6) is 0 Å². The van der Waals surface area contributed by atoms with Gasteiger partial charge in [-0.1, -0.05) is 6.92 Å². The Labute approximate surface area is 118 Å². The number of halogens is 1. The summed E-state index contributed by atoms with van der Waals surface area (Å²) < 4.78 is 12.9. The fraction of sp³-hybridized carbons (Fsp3) is 0.533. The van der Waals surface area contributed by atoms with Crippen LogP contribution in [0.3, 0.4) is 0 Å². The van der Waals surface area contributed by atoms with Crippen molar-refractivity contribution in [2.45, 2.75) is 25.8 Å². The van der Waals surface area contributed by atoms with E-state index in [2.05, 4.69) is 4.90 Å². The topological polar surface area (TPSA) is 43.8 Å². The van der Waals surface area contributed by atoms with E-state index in [1.54, 1.807) is 19.1 Å². The van der Waals surface area contributed by atoms with Gasteiger partial charge >= 0.3 is 5.97 Å². The molecule has 0 aromatic heterocycles. The number of benzene rings is 1. The maximum absolute atomic E-state index is 12.9. The molecule has 1 heterocycles. The molecule has 1 saturated heterocycles. The highest BCUT2D eigenvalue weighted by molar-refractivity contribution is 5.78. The zero-order valence-electron chi connectivity index (χ0n) is 12.0. The lowest BCUT2D eigenvalue weighted by Crippen LogP contribution is -2.59. The molecule has 1 aromatic carbocycles. The smallest absolute Gasteiger partial charge is 0.323 e. The van der Waals surface area contributed by atoms with Gasteiger partial charge in [-0.25, -0.2) is 4.39 Å². The second kappa shape index (κ2) is 5.79. The van der Waals surface area contributed by atoms with Crippen molar-refractivity contribution in [2.24, 2.45) is 0 Å². The zero-order valence-corrected chi connectivity index (χ0v) is 12.0. The van der Waals surface area contributed by atoms with Crippen LogP contribution in [0.1, 0.15) is 20.3 Å². The summed E-state index contributed by atoms with van der Waals surface area (Å²) in [5.74, 6) is -1.01. The van der Waals surface area contributed by atoms with Crippen LogP contribution in [-0.4, -0.2) is 47.7 Å². The third-order valence-corrected chi connectivity index (χ3v) is 4.32. The molecule has 1 aliphatic heterocycles. The lowest BCUT2D eigenvalue weighted by atomic mass is 9.95. The van der Waals surface area contributed by atoms with Gasteiger partial charge in [0.25, 0.3) is 0 Å². The van der Waals surface area contributed by atoms with E-state index in [4.69, 9.17) is 0 Å². The largest absolute Gasteiger partial charge is 0.480 e. The van der Waals surface area contributed by atoms with Crippen molar-refractivity contribution in [3.05, 3.63) is 30.1 Å². The number of carboxylic acid groups (broad SMARTS) is 1. The standard InChI is InChI=1S/C15H21FN2O2/c1-3-15(2,14(19)20)18-10-8-17(9-11-18)13-6-4-12(16)5-7-13/h4-7H,3,8-11H2,1-2H3,(H,19,20)/t15-/m0/s1. The Hall–Kier alpha value is -1.62. The third kappa shape index (κ3) is 2.77. The number of carbonyl (C=O) groups is 1. The van der Waals surface area contributed by atoms with Crippen LogP contribution in [0.2, 0.25) is 0 Å². The molecule has 0 aliphatic carbocycles. The first-order chi connectivity index (χ1) is 9.47. The van der Waals surface area contributed by atoms with Crippen LogP contribution in [0.15, 0.2) is 24.3 Å². The van der Waals surface area contributed by atoms with E-state index in [1.165, 1.54) is 12.1 Å². The molecular formula is C15H21FN2O2. The van der Waals surface area contributed by atoms with E-state index in [0.29, 0.717) is 19.5 Å². The molecule has 1 atom stereocenters. The summed E-state index contributed by atoms with van der Waals surface area (Å²) in [6.45, 7) is 6.61. The van der Waals surface area contributed by atoms with Crippen LogP contribution in [0.25, 0.3) is 0 Å². The van der Waals surface area contributed by atoms with Crippen molar-refractivity contribution in [3.8, 4) is 0 Å². The summed E-state index contributed by atoms with van der Waals surface area (Å²) in [7, 11) is 0. The number of carboxylic acids is 1. The van der Waals surface area contributed by atoms with Crippen LogP contribution in [0, 0.1) is 5.82 Å². The van der Waals surface area contributed by atoms with E-state index in [9.17, 15) is 14.3 Å². The average molecular weight is 280 g/mol. The molecule has 110 valence electrons. The van der Waals surface area contributed by atoms with Gasteiger partial charge in [0.2, 0.25) is 0 Å². The van der Waals surface area contributed by atoms with Crippen molar-refractivity contribution in [2.75, 3.05) is 31.1 Å². The Morgan fingerprint density at radius 3 is 2.25 bits per heavy atom. The van der Waals surface area contributed by atoms with Crippen molar-refractivity contribution in [1.29, 1.82) is 0 Å². The predicted octanol–water partition coefficient (Wildman–Crippen LogP) is 2.20. The van der Waals surface area contributed by atoms with E-state index in [1.807, 2.05) is 11.8 Å². The predicted molar refractivity (Wildman–Crippen MR) is 76.5 cm³/mol. The molecule has 1 N–H and O–H groups in total. The number of anilines is 1. The van der Waals surface area contributed by atoms with Gasteiger partial charge in [0.15, 0.2) is 0 Å². The summed E-state index contributed by atoms with van der Waals surface area (Å²) in [4.78, 5) is 15.6. The Morgan fingerprint density at radius 2 is 1.80 bits per heavy atom. The first-order valence-electron chi connectivity index (χ1n) is 6.96. The fourth-order valence-electron chi connectivity index (χ4n) is 2.62. The molecule has 1 aromatic rings. The summed E-state index contributed by atoms with van der Waals surface area (Å²) in [6.07, 6.45) is 0.582. The number of aliphatic carboxylic acids is 1. The Bertz CT molecular complexity index is 469. The van der Waals surface area contributed by atoms with Gasteiger partial charge in [-0.15, -0.1) is 0 Å². The van der Waals surface area contributed by atoms with Gasteiger partial charge in [0, 0.05) is 31.9 Å². The highest BCUT2D eigenvalue weighted by atomic mass is 19.1. The van der Waals surface area contributed by atoms with Crippen LogP contribution in [-0.2, 0) is 4.79 Å². The van der Waals surface area contributed by atoms with Gasteiger partial charge < -0.3 is 10.0 Å². The van der Waals surface area contributed by atoms with Gasteiger partial charge in [-0.2, -0.15) is 0 Å². The summed E-state index contributed by atoms with van der Waals surface area (Å²) >= 11 is 0. The van der Waals surface area contributed by atoms with Gasteiger partial charge in [0.1, 0.15) is 11.4 Å². The number of rotatable bonds is 4. The fourth-order valence-corrected chi connectivity index (χ4v) is 2.62. The van der Waals surface area contributed by atoms with Crippen molar-refractivity contribution in [3.63, 3.8) is 0 Å². The molecule has 0 radical (unpaired) electrons. The van der Waals surface area contributed by atoms with Crippen LogP contribution in [0.4, 0.5) is 10.1 Å². The number of piperazine rings is 1. The minimum Gasteiger partial charge on any atom is -0.480 e. The summed E-state index contributed by atoms with van der Waals surface area (Å²) in [6, 6.07) is 6.44. The normalized spacial score (nSPS) is 19.6. The maximum Gasteiger partial charge on any atom is 0.323 e. The molecule has 20 heavy (non-hydrogen) atoms. The lowest BCUT2D eigenvalue weighted by Gasteiger charge is -2.43. The van der Waals surface area contributed by atoms with Gasteiger partial charge in [-0.05, 0) is 37.6 Å².